The van der Waals surface area contributed by atoms with Gasteiger partial charge in [0, 0.05) is 24.5 Å². The largest absolute Gasteiger partial charge is 0.481 e. The Bertz CT molecular complexity index is 899. The molecule has 1 fully saturated rings. The zero-order chi connectivity index (χ0) is 19.4. The number of fused-ring (bicyclic) bond motifs is 1. The highest BCUT2D eigenvalue weighted by Gasteiger charge is 2.32. The van der Waals surface area contributed by atoms with Gasteiger partial charge < -0.3 is 19.9 Å². The Morgan fingerprint density at radius 2 is 2.15 bits per heavy atom. The number of aromatic nitrogens is 2. The van der Waals surface area contributed by atoms with E-state index in [0.29, 0.717) is 23.6 Å². The molecule has 1 aliphatic rings. The molecule has 0 aromatic carbocycles. The molecule has 0 bridgehead atoms. The highest BCUT2D eigenvalue weighted by atomic mass is 16.5. The van der Waals surface area contributed by atoms with Gasteiger partial charge in [0.25, 0.3) is 5.91 Å². The maximum absolute atomic E-state index is 12.9. The van der Waals surface area contributed by atoms with Gasteiger partial charge in [0.05, 0.1) is 19.1 Å². The van der Waals surface area contributed by atoms with Crippen LogP contribution in [0.4, 0.5) is 0 Å². The van der Waals surface area contributed by atoms with Crippen LogP contribution in [0.5, 0.6) is 5.88 Å². The number of pyridine rings is 1. The number of carbonyl (C=O) groups is 2. The quantitative estimate of drug-likeness (QED) is 0.777. The highest BCUT2D eigenvalue weighted by molar-refractivity contribution is 5.98. The zero-order valence-corrected chi connectivity index (χ0v) is 15.5. The van der Waals surface area contributed by atoms with E-state index in [2.05, 4.69) is 15.6 Å². The first-order valence-corrected chi connectivity index (χ1v) is 9.01. The third kappa shape index (κ3) is 3.87. The number of nitrogens with one attached hydrogen (secondary N) is 2. The summed E-state index contributed by atoms with van der Waals surface area (Å²) in [6.45, 7) is -0.0211. The van der Waals surface area contributed by atoms with Crippen LogP contribution in [-0.2, 0) is 11.8 Å². The molecular weight excluding hydrogens is 346 g/mol. The van der Waals surface area contributed by atoms with Gasteiger partial charge in [0.15, 0.2) is 0 Å². The van der Waals surface area contributed by atoms with Gasteiger partial charge in [0.2, 0.25) is 11.8 Å². The number of carbonyl (C=O) groups excluding carboxylic acids is 2. The summed E-state index contributed by atoms with van der Waals surface area (Å²) in [5, 5.41) is 15.1. The van der Waals surface area contributed by atoms with Crippen molar-refractivity contribution in [2.45, 2.75) is 31.7 Å². The summed E-state index contributed by atoms with van der Waals surface area (Å²) < 4.78 is 6.87. The van der Waals surface area contributed by atoms with Crippen molar-refractivity contribution in [3.63, 3.8) is 0 Å². The van der Waals surface area contributed by atoms with Crippen molar-refractivity contribution >= 4 is 22.8 Å². The maximum atomic E-state index is 12.9. The number of methoxy groups -OCH3 is 1. The normalized spacial score (nSPS) is 19.3. The Hall–Kier alpha value is -3.08. The predicted molar refractivity (Wildman–Crippen MR) is 99.1 cm³/mol. The molecule has 0 spiro atoms. The summed E-state index contributed by atoms with van der Waals surface area (Å²) in [5.74, 6) is -0.245. The molecule has 2 N–H and O–H groups in total. The Labute approximate surface area is 157 Å². The lowest BCUT2D eigenvalue weighted by Gasteiger charge is -2.31. The van der Waals surface area contributed by atoms with Gasteiger partial charge in [-0.3, -0.25) is 9.59 Å². The summed E-state index contributed by atoms with van der Waals surface area (Å²) in [4.78, 5) is 29.6. The standard InChI is InChI=1S/C19H23N5O3/c1-24-15(11-12-7-8-16(27-2)23-17(12)24)19(26)22-14-6-4-3-5-13(14)18(25)21-10-9-20/h7-8,11,13-14H,3-6,10H2,1-2H3,(H,21,25)(H,22,26)/t13-,14+/m1/s1. The van der Waals surface area contributed by atoms with Crippen molar-refractivity contribution in [3.8, 4) is 11.9 Å². The number of aryl methyl sites for hydroxylation is 1. The minimum Gasteiger partial charge on any atom is -0.481 e. The smallest absolute Gasteiger partial charge is 0.268 e. The Kier molecular flexibility index (Phi) is 5.60. The number of hydrogen-bond acceptors (Lipinski definition) is 5. The number of rotatable bonds is 5. The van der Waals surface area contributed by atoms with Crippen LogP contribution in [0, 0.1) is 17.2 Å². The molecule has 2 aromatic rings. The van der Waals surface area contributed by atoms with Crippen LogP contribution < -0.4 is 15.4 Å². The van der Waals surface area contributed by atoms with E-state index in [-0.39, 0.29) is 30.3 Å². The van der Waals surface area contributed by atoms with Crippen molar-refractivity contribution in [2.24, 2.45) is 13.0 Å². The van der Waals surface area contributed by atoms with Crippen molar-refractivity contribution in [1.82, 2.24) is 20.2 Å². The van der Waals surface area contributed by atoms with Gasteiger partial charge in [-0.1, -0.05) is 12.8 Å². The van der Waals surface area contributed by atoms with Crippen LogP contribution in [0.3, 0.4) is 0 Å². The molecule has 142 valence electrons. The van der Waals surface area contributed by atoms with E-state index in [0.717, 1.165) is 24.6 Å². The topological polar surface area (TPSA) is 109 Å². The number of amides is 2. The Morgan fingerprint density at radius 1 is 1.37 bits per heavy atom. The molecule has 1 saturated carbocycles. The van der Waals surface area contributed by atoms with Crippen LogP contribution >= 0.6 is 0 Å². The van der Waals surface area contributed by atoms with E-state index in [1.54, 1.807) is 30.9 Å². The van der Waals surface area contributed by atoms with E-state index >= 15 is 0 Å². The summed E-state index contributed by atoms with van der Waals surface area (Å²) in [6, 6.07) is 7.06. The van der Waals surface area contributed by atoms with Gasteiger partial charge in [-0.15, -0.1) is 0 Å². The third-order valence-corrected chi connectivity index (χ3v) is 5.05. The zero-order valence-electron chi connectivity index (χ0n) is 15.5. The van der Waals surface area contributed by atoms with E-state index in [4.69, 9.17) is 10.00 Å². The van der Waals surface area contributed by atoms with Crippen LogP contribution in [0.15, 0.2) is 18.2 Å². The molecule has 0 aliphatic heterocycles. The second-order valence-electron chi connectivity index (χ2n) is 6.70. The van der Waals surface area contributed by atoms with E-state index in [1.807, 2.05) is 12.1 Å². The average Bonchev–Trinajstić information content (AvgIpc) is 3.02. The minimum absolute atomic E-state index is 0.0211. The summed E-state index contributed by atoms with van der Waals surface area (Å²) in [6.07, 6.45) is 3.35. The molecule has 8 heteroatoms. The van der Waals surface area contributed by atoms with Crippen molar-refractivity contribution in [3.05, 3.63) is 23.9 Å². The second-order valence-corrected chi connectivity index (χ2v) is 6.70. The van der Waals surface area contributed by atoms with Crippen LogP contribution in [0.2, 0.25) is 0 Å². The summed E-state index contributed by atoms with van der Waals surface area (Å²) in [5.41, 5.74) is 1.14. The van der Waals surface area contributed by atoms with Gasteiger partial charge in [0.1, 0.15) is 17.9 Å². The molecule has 2 aromatic heterocycles. The monoisotopic (exact) mass is 369 g/mol. The van der Waals surface area contributed by atoms with Crippen LogP contribution in [0.1, 0.15) is 36.2 Å². The van der Waals surface area contributed by atoms with Crippen molar-refractivity contribution < 1.29 is 14.3 Å². The number of hydrogen-bond donors (Lipinski definition) is 2. The number of nitrogens with zero attached hydrogens (tertiary/aromatic N) is 3. The molecule has 2 amide bonds. The Morgan fingerprint density at radius 3 is 2.89 bits per heavy atom. The van der Waals surface area contributed by atoms with Gasteiger partial charge in [-0.2, -0.15) is 10.2 Å². The molecular formula is C19H23N5O3. The average molecular weight is 369 g/mol. The fourth-order valence-corrected chi connectivity index (χ4v) is 3.63. The van der Waals surface area contributed by atoms with E-state index < -0.39 is 0 Å². The molecule has 0 saturated heterocycles. The SMILES string of the molecule is COc1ccc2cc(C(=O)N[C@H]3CCCC[C@H]3C(=O)NCC#N)n(C)c2n1. The maximum Gasteiger partial charge on any atom is 0.268 e. The number of nitriles is 1. The molecule has 2 heterocycles. The fourth-order valence-electron chi connectivity index (χ4n) is 3.63. The van der Waals surface area contributed by atoms with Crippen molar-refractivity contribution in [1.29, 1.82) is 5.26 Å². The fraction of sp³-hybridized carbons (Fsp3) is 0.474. The third-order valence-electron chi connectivity index (χ3n) is 5.05. The molecule has 27 heavy (non-hydrogen) atoms. The Balaban J connectivity index is 1.79. The minimum atomic E-state index is -0.316. The van der Waals surface area contributed by atoms with E-state index in [1.165, 1.54) is 0 Å². The molecule has 3 rings (SSSR count). The first kappa shape index (κ1) is 18.7. The van der Waals surface area contributed by atoms with Gasteiger partial charge in [-0.05, 0) is 25.0 Å². The molecule has 8 nitrogen and oxygen atoms in total. The van der Waals surface area contributed by atoms with Gasteiger partial charge in [-0.25, -0.2) is 0 Å². The second kappa shape index (κ2) is 8.08. The predicted octanol–water partition coefficient (Wildman–Crippen LogP) is 1.51. The lowest BCUT2D eigenvalue weighted by atomic mass is 9.83. The van der Waals surface area contributed by atoms with Gasteiger partial charge >= 0.3 is 0 Å². The highest BCUT2D eigenvalue weighted by Crippen LogP contribution is 2.26. The van der Waals surface area contributed by atoms with Crippen molar-refractivity contribution in [2.75, 3.05) is 13.7 Å². The molecule has 1 aliphatic carbocycles. The first-order valence-electron chi connectivity index (χ1n) is 9.01. The molecule has 0 radical (unpaired) electrons. The molecule has 2 atom stereocenters. The molecule has 0 unspecified atom stereocenters. The number of ether oxygens (including phenoxy) is 1. The lowest BCUT2D eigenvalue weighted by molar-refractivity contribution is -0.126. The summed E-state index contributed by atoms with van der Waals surface area (Å²) in [7, 11) is 3.33. The first-order chi connectivity index (χ1) is 13.0. The van der Waals surface area contributed by atoms with E-state index in [9.17, 15) is 9.59 Å². The summed E-state index contributed by atoms with van der Waals surface area (Å²) >= 11 is 0. The van der Waals surface area contributed by atoms with Crippen LogP contribution in [0.25, 0.3) is 11.0 Å². The lowest BCUT2D eigenvalue weighted by Crippen LogP contribution is -2.48. The van der Waals surface area contributed by atoms with Crippen LogP contribution in [-0.4, -0.2) is 41.1 Å².